The van der Waals surface area contributed by atoms with E-state index in [1.54, 1.807) is 0 Å². The van der Waals surface area contributed by atoms with Crippen molar-refractivity contribution in [1.29, 1.82) is 0 Å². The van der Waals surface area contributed by atoms with Crippen LogP contribution in [0.25, 0.3) is 44.5 Å². The summed E-state index contributed by atoms with van der Waals surface area (Å²) in [7, 11) is 0. The Hall–Kier alpha value is 0.971. The van der Waals surface area contributed by atoms with Gasteiger partial charge in [-0.15, -0.1) is 0 Å². The molecule has 0 aromatic carbocycles. The Balaban J connectivity index is 1.65. The van der Waals surface area contributed by atoms with E-state index in [4.69, 9.17) is 0 Å². The van der Waals surface area contributed by atoms with Gasteiger partial charge in [-0.3, -0.25) is 0 Å². The average Bonchev–Trinajstić information content (AvgIpc) is 3.47. The van der Waals surface area contributed by atoms with E-state index >= 15 is 0 Å². The monoisotopic (exact) mass is 736 g/mol. The molecule has 0 amide bonds. The second-order valence-electron chi connectivity index (χ2n) is 12.5. The van der Waals surface area contributed by atoms with Gasteiger partial charge in [-0.25, -0.2) is 0 Å². The van der Waals surface area contributed by atoms with Crippen molar-refractivity contribution in [3.05, 3.63) is 0 Å². The fourth-order valence-electron chi connectivity index (χ4n) is 7.57. The van der Waals surface area contributed by atoms with Crippen molar-refractivity contribution in [2.75, 3.05) is 0 Å². The summed E-state index contributed by atoms with van der Waals surface area (Å²) in [5, 5.41) is 0. The second kappa shape index (κ2) is 5.18. The van der Waals surface area contributed by atoms with Crippen LogP contribution in [0.15, 0.2) is 0 Å². The van der Waals surface area contributed by atoms with E-state index in [-0.39, 0.29) is 0 Å². The molecule has 8 heteroatoms. The normalized spacial score (nSPS) is 22.8. The zero-order valence-electron chi connectivity index (χ0n) is 19.6. The van der Waals surface area contributed by atoms with E-state index in [0.717, 1.165) is 0 Å². The maximum absolute atomic E-state index is 2.73. The fraction of sp³-hybridized carbons (Fsp3) is 0.333. The molecule has 5 aliphatic rings. The molecule has 160 valence electrons. The molecule has 0 saturated heterocycles. The number of hydrogen-bond acceptors (Lipinski definition) is 4. The number of rotatable bonds is 0. The van der Waals surface area contributed by atoms with E-state index < -0.39 is 53.1 Å². The third-order valence-electron chi connectivity index (χ3n) is 9.17. The van der Waals surface area contributed by atoms with Crippen LogP contribution >= 0.6 is 45.3 Å². The molecule has 0 nitrogen and oxygen atoms in total. The fourth-order valence-corrected chi connectivity index (χ4v) is 58.3. The molecule has 4 aliphatic heterocycles. The van der Waals surface area contributed by atoms with E-state index in [1.165, 1.54) is 0 Å². The third kappa shape index (κ3) is 1.67. The van der Waals surface area contributed by atoms with Gasteiger partial charge in [0.2, 0.25) is 0 Å². The average molecular weight is 731 g/mol. The molecule has 0 atom stereocenters. The van der Waals surface area contributed by atoms with Crippen molar-refractivity contribution in [3.8, 4) is 44.5 Å². The van der Waals surface area contributed by atoms with Crippen LogP contribution in [-0.4, -0.2) is 53.1 Å². The molecule has 0 spiro atoms. The van der Waals surface area contributed by atoms with Crippen molar-refractivity contribution in [2.45, 2.75) is 46.0 Å². The summed E-state index contributed by atoms with van der Waals surface area (Å²) in [4.78, 5) is 0. The van der Waals surface area contributed by atoms with Crippen LogP contribution in [0.1, 0.15) is 0 Å². The zero-order valence-corrected chi connectivity index (χ0v) is 31.3. The van der Waals surface area contributed by atoms with Crippen LogP contribution in [0.5, 0.6) is 0 Å². The summed E-state index contributed by atoms with van der Waals surface area (Å²) < 4.78 is 15.2. The van der Waals surface area contributed by atoms with Gasteiger partial charge in [0.15, 0.2) is 0 Å². The molecule has 0 unspecified atom stereocenters. The van der Waals surface area contributed by atoms with Gasteiger partial charge in [-0.1, -0.05) is 0 Å². The quantitative estimate of drug-likeness (QED) is 0.215. The van der Waals surface area contributed by atoms with Gasteiger partial charge in [0, 0.05) is 0 Å². The minimum atomic E-state index is -2.21. The first-order valence-electron chi connectivity index (χ1n) is 11.6. The first-order valence-corrected chi connectivity index (χ1v) is 40.1. The van der Waals surface area contributed by atoms with Crippen molar-refractivity contribution in [1.82, 2.24) is 0 Å². The summed E-state index contributed by atoms with van der Waals surface area (Å²) in [5.74, 6) is 21.8. The van der Waals surface area contributed by atoms with Crippen molar-refractivity contribution < 1.29 is 0 Å². The standard InChI is InChI=1S/C24H24Ge4S4/c1-25(2)17-9-10-12-14-16-15-13-11(9)19(29-17)26(3,4)21(13)31-23(15)28(7,8)24(16)32-22(14)27(5,6)20(12)30-18(10)25/h1-8H3. The Morgan fingerprint density at radius 3 is 0.531 bits per heavy atom. The van der Waals surface area contributed by atoms with Gasteiger partial charge in [-0.2, -0.15) is 0 Å². The van der Waals surface area contributed by atoms with E-state index in [9.17, 15) is 0 Å². The van der Waals surface area contributed by atoms with Crippen molar-refractivity contribution in [2.24, 2.45) is 0 Å². The van der Waals surface area contributed by atoms with Crippen molar-refractivity contribution in [3.63, 3.8) is 0 Å². The predicted octanol–water partition coefficient (Wildman–Crippen LogP) is 3.46. The first-order chi connectivity index (χ1) is 14.9. The van der Waals surface area contributed by atoms with E-state index in [1.807, 2.05) is 74.2 Å². The van der Waals surface area contributed by atoms with Gasteiger partial charge in [0.25, 0.3) is 0 Å². The Kier molecular flexibility index (Phi) is 3.25. The van der Waals surface area contributed by atoms with Gasteiger partial charge in [0.05, 0.1) is 0 Å². The van der Waals surface area contributed by atoms with Crippen LogP contribution in [0.2, 0.25) is 46.0 Å². The van der Waals surface area contributed by atoms with Gasteiger partial charge in [-0.05, 0) is 0 Å². The molecule has 0 fully saturated rings. The molecule has 32 heavy (non-hydrogen) atoms. The van der Waals surface area contributed by atoms with Crippen LogP contribution in [0.4, 0.5) is 0 Å². The minimum absolute atomic E-state index is 1.81. The summed E-state index contributed by atoms with van der Waals surface area (Å²) in [6.07, 6.45) is 0. The second-order valence-corrected chi connectivity index (χ2v) is 58.4. The van der Waals surface area contributed by atoms with Gasteiger partial charge in [0.1, 0.15) is 0 Å². The Morgan fingerprint density at radius 2 is 0.406 bits per heavy atom. The number of hydrogen-bond donors (Lipinski definition) is 0. The third-order valence-corrected chi connectivity index (χ3v) is 62.0. The topological polar surface area (TPSA) is 0 Å². The van der Waals surface area contributed by atoms with Crippen molar-refractivity contribution >= 4 is 128 Å². The Morgan fingerprint density at radius 1 is 0.281 bits per heavy atom. The first kappa shape index (κ1) is 20.1. The molecule has 0 bridgehead atoms. The molecule has 0 saturated carbocycles. The predicted molar refractivity (Wildman–Crippen MR) is 160 cm³/mol. The summed E-state index contributed by atoms with van der Waals surface area (Å²) in [5.41, 5.74) is 14.5. The summed E-state index contributed by atoms with van der Waals surface area (Å²) in [6.45, 7) is 0. The van der Waals surface area contributed by atoms with Crippen LogP contribution in [0, 0.1) is 0 Å². The Labute approximate surface area is 215 Å². The molecule has 0 N–H and O–H groups in total. The van der Waals surface area contributed by atoms with E-state index in [0.29, 0.717) is 0 Å². The summed E-state index contributed by atoms with van der Waals surface area (Å²) in [6, 6.07) is 0. The molecule has 9 rings (SSSR count). The molecular weight excluding hydrogens is 707 g/mol. The van der Waals surface area contributed by atoms with Crippen LogP contribution < -0.4 is 29.7 Å². The SMILES string of the molecule is [CH3][Ge]1([CH3])[c]2s[c]3c4c2-c2[c]1s[c]1c2-c2[c](s[c]5c2-c2[c](s[c](c2-4)[Ge]3([CH3])[CH3])[Ge]5([CH3])[CH3])[Ge]1([CH3])[CH3]. The number of thiophene rings is 4. The molecule has 0 radical (unpaired) electrons. The van der Waals surface area contributed by atoms with Crippen LogP contribution in [0.3, 0.4) is 0 Å². The van der Waals surface area contributed by atoms with Gasteiger partial charge < -0.3 is 0 Å². The molecule has 8 heterocycles. The maximum atomic E-state index is 2.73. The van der Waals surface area contributed by atoms with Gasteiger partial charge >= 0.3 is 219 Å². The molecule has 1 aliphatic carbocycles. The zero-order chi connectivity index (χ0) is 22.1. The van der Waals surface area contributed by atoms with Crippen LogP contribution in [-0.2, 0) is 0 Å². The molecular formula is C24H24Ge4S4. The summed E-state index contributed by atoms with van der Waals surface area (Å²) >= 11 is 0.494. The molecule has 4 aromatic heterocycles. The molecule has 4 aromatic rings. The Bertz CT molecular complexity index is 1300. The van der Waals surface area contributed by atoms with E-state index in [2.05, 4.69) is 91.4 Å².